The number of nitrogens with zero attached hydrogens (tertiary/aromatic N) is 4. The van der Waals surface area contributed by atoms with Crippen LogP contribution in [-0.4, -0.2) is 38.0 Å². The average Bonchev–Trinajstić information content (AvgIpc) is 3.24. The Balaban J connectivity index is 0.00000182. The van der Waals surface area contributed by atoms with E-state index in [9.17, 15) is 18.0 Å². The number of amides is 1. The monoisotopic (exact) mass is 426 g/mol. The molecule has 1 fully saturated rings. The van der Waals surface area contributed by atoms with Crippen LogP contribution in [0.4, 0.5) is 13.2 Å². The Morgan fingerprint density at radius 2 is 1.93 bits per heavy atom. The van der Waals surface area contributed by atoms with Crippen molar-refractivity contribution in [3.05, 3.63) is 35.8 Å². The predicted molar refractivity (Wildman–Crippen MR) is 96.4 cm³/mol. The van der Waals surface area contributed by atoms with E-state index >= 15 is 0 Å². The lowest BCUT2D eigenvalue weighted by molar-refractivity contribution is -0.137. The van der Waals surface area contributed by atoms with Crippen molar-refractivity contribution in [1.29, 1.82) is 0 Å². The van der Waals surface area contributed by atoms with E-state index in [0.717, 1.165) is 42.5 Å². The second-order valence-corrected chi connectivity index (χ2v) is 6.10. The average molecular weight is 427 g/mol. The van der Waals surface area contributed by atoms with Crippen LogP contribution in [0.3, 0.4) is 0 Å². The summed E-state index contributed by atoms with van der Waals surface area (Å²) in [6.45, 7) is 0.341. The fourth-order valence-corrected chi connectivity index (χ4v) is 2.91. The molecule has 3 N–H and O–H groups in total. The van der Waals surface area contributed by atoms with E-state index < -0.39 is 23.2 Å². The number of rotatable bonds is 4. The van der Waals surface area contributed by atoms with Gasteiger partial charge in [-0.2, -0.15) is 13.2 Å². The summed E-state index contributed by atoms with van der Waals surface area (Å²) in [6, 6.07) is 2.06. The van der Waals surface area contributed by atoms with Gasteiger partial charge in [-0.25, -0.2) is 9.67 Å². The highest BCUT2D eigenvalue weighted by Crippen LogP contribution is 2.29. The molecule has 27 heavy (non-hydrogen) atoms. The topological polar surface area (TPSA) is 98.7 Å². The van der Waals surface area contributed by atoms with Crippen molar-refractivity contribution in [3.8, 4) is 5.82 Å². The molecule has 0 aliphatic heterocycles. The third kappa shape index (κ3) is 5.08. The number of carbonyl (C=O) groups excluding carboxylic acids is 1. The van der Waals surface area contributed by atoms with Crippen LogP contribution in [0.5, 0.6) is 0 Å². The summed E-state index contributed by atoms with van der Waals surface area (Å²) in [5.41, 5.74) is 4.56. The lowest BCUT2D eigenvalue weighted by Gasteiger charge is -2.28. The molecular weight excluding hydrogens is 408 g/mol. The van der Waals surface area contributed by atoms with E-state index in [0.29, 0.717) is 12.7 Å². The van der Waals surface area contributed by atoms with Crippen LogP contribution in [0, 0.1) is 0 Å². The number of alkyl halides is 3. The summed E-state index contributed by atoms with van der Waals surface area (Å²) in [6.07, 6.45) is 1.19. The minimum Gasteiger partial charge on any atom is -0.344 e. The molecule has 1 aliphatic carbocycles. The molecule has 7 nitrogen and oxygen atoms in total. The largest absolute Gasteiger partial charge is 0.417 e. The molecule has 3 rings (SSSR count). The molecule has 0 saturated heterocycles. The number of nitrogens with two attached hydrogens (primary N) is 1. The Kier molecular flexibility index (Phi) is 7.58. The zero-order valence-electron chi connectivity index (χ0n) is 14.1. The lowest BCUT2D eigenvalue weighted by Crippen LogP contribution is -2.51. The number of nitrogens with one attached hydrogen (secondary N) is 1. The van der Waals surface area contributed by atoms with Crippen molar-refractivity contribution < 1.29 is 18.0 Å². The number of hydrogen-bond acceptors (Lipinski definition) is 5. The van der Waals surface area contributed by atoms with Gasteiger partial charge in [-0.1, -0.05) is 18.1 Å². The minimum absolute atomic E-state index is 0. The van der Waals surface area contributed by atoms with Crippen LogP contribution >= 0.6 is 24.8 Å². The molecule has 2 aromatic heterocycles. The highest BCUT2D eigenvalue weighted by molar-refractivity contribution is 5.92. The summed E-state index contributed by atoms with van der Waals surface area (Å²) in [5.74, 6) is -0.278. The molecule has 150 valence electrons. The van der Waals surface area contributed by atoms with E-state index in [1.807, 2.05) is 0 Å². The fourth-order valence-electron chi connectivity index (χ4n) is 2.91. The van der Waals surface area contributed by atoms with Gasteiger partial charge in [0, 0.05) is 12.7 Å². The summed E-state index contributed by atoms with van der Waals surface area (Å²) >= 11 is 0. The Hall–Kier alpha value is -1.91. The van der Waals surface area contributed by atoms with E-state index in [-0.39, 0.29) is 36.3 Å². The second kappa shape index (κ2) is 8.85. The highest BCUT2D eigenvalue weighted by atomic mass is 35.5. The number of pyridine rings is 1. The number of halogens is 5. The van der Waals surface area contributed by atoms with Gasteiger partial charge < -0.3 is 11.1 Å². The summed E-state index contributed by atoms with van der Waals surface area (Å²) < 4.78 is 38.8. The SMILES string of the molecule is Cl.Cl.NCC1(NC(=O)c2cn(-c3ccc(C(F)(F)F)cn3)nn2)CCCC1. The molecule has 1 saturated carbocycles. The molecule has 2 aromatic rings. The molecule has 0 radical (unpaired) electrons. The normalized spacial score (nSPS) is 15.6. The van der Waals surface area contributed by atoms with Gasteiger partial charge >= 0.3 is 6.18 Å². The molecule has 0 spiro atoms. The second-order valence-electron chi connectivity index (χ2n) is 6.10. The summed E-state index contributed by atoms with van der Waals surface area (Å²) in [5, 5.41) is 10.4. The van der Waals surface area contributed by atoms with E-state index in [4.69, 9.17) is 5.73 Å². The van der Waals surface area contributed by atoms with Gasteiger partial charge in [-0.05, 0) is 25.0 Å². The minimum atomic E-state index is -4.46. The first-order chi connectivity index (χ1) is 11.8. The standard InChI is InChI=1S/C15H17F3N6O.2ClH/c16-15(17,18)10-3-4-12(20-7-10)24-8-11(22-23-24)13(25)21-14(9-19)5-1-2-6-14;;/h3-4,7-8H,1-2,5-6,9,19H2,(H,21,25);2*1H. The smallest absolute Gasteiger partial charge is 0.344 e. The molecule has 1 aliphatic rings. The van der Waals surface area contributed by atoms with Crippen LogP contribution in [-0.2, 0) is 6.18 Å². The first-order valence-electron chi connectivity index (χ1n) is 7.82. The van der Waals surface area contributed by atoms with E-state index in [2.05, 4.69) is 20.6 Å². The van der Waals surface area contributed by atoms with Crippen molar-refractivity contribution in [2.45, 2.75) is 37.4 Å². The zero-order valence-corrected chi connectivity index (χ0v) is 15.7. The van der Waals surface area contributed by atoms with Gasteiger partial charge in [0.25, 0.3) is 5.91 Å². The maximum Gasteiger partial charge on any atom is 0.417 e. The third-order valence-corrected chi connectivity index (χ3v) is 4.37. The van der Waals surface area contributed by atoms with Crippen LogP contribution in [0.25, 0.3) is 5.82 Å². The van der Waals surface area contributed by atoms with Gasteiger partial charge in [0.05, 0.1) is 17.3 Å². The van der Waals surface area contributed by atoms with Crippen LogP contribution in [0.15, 0.2) is 24.5 Å². The first-order valence-corrected chi connectivity index (χ1v) is 7.82. The van der Waals surface area contributed by atoms with Gasteiger partial charge in [-0.3, -0.25) is 4.79 Å². The quantitative estimate of drug-likeness (QED) is 0.782. The molecule has 0 bridgehead atoms. The third-order valence-electron chi connectivity index (χ3n) is 4.37. The first kappa shape index (κ1) is 23.1. The van der Waals surface area contributed by atoms with Crippen molar-refractivity contribution in [3.63, 3.8) is 0 Å². The number of carbonyl (C=O) groups is 1. The van der Waals surface area contributed by atoms with Crippen LogP contribution in [0.1, 0.15) is 41.7 Å². The lowest BCUT2D eigenvalue weighted by atomic mass is 9.98. The maximum absolute atomic E-state index is 12.6. The molecule has 1 amide bonds. The molecule has 12 heteroatoms. The van der Waals surface area contributed by atoms with Gasteiger partial charge in [0.2, 0.25) is 0 Å². The summed E-state index contributed by atoms with van der Waals surface area (Å²) in [7, 11) is 0. The number of hydrogen-bond donors (Lipinski definition) is 2. The Labute approximate surface area is 165 Å². The van der Waals surface area contributed by atoms with Gasteiger partial charge in [-0.15, -0.1) is 29.9 Å². The predicted octanol–water partition coefficient (Wildman–Crippen LogP) is 2.53. The Morgan fingerprint density at radius 1 is 1.26 bits per heavy atom. The molecule has 2 heterocycles. The van der Waals surface area contributed by atoms with Crippen molar-refractivity contribution >= 4 is 30.7 Å². The summed E-state index contributed by atoms with van der Waals surface area (Å²) in [4.78, 5) is 16.1. The van der Waals surface area contributed by atoms with Gasteiger partial charge in [0.15, 0.2) is 11.5 Å². The fraction of sp³-hybridized carbons (Fsp3) is 0.467. The molecule has 0 unspecified atom stereocenters. The molecule has 0 aromatic carbocycles. The number of aromatic nitrogens is 4. The van der Waals surface area contributed by atoms with Crippen LogP contribution in [0.2, 0.25) is 0 Å². The van der Waals surface area contributed by atoms with Crippen LogP contribution < -0.4 is 11.1 Å². The maximum atomic E-state index is 12.6. The van der Waals surface area contributed by atoms with Crippen molar-refractivity contribution in [1.82, 2.24) is 25.3 Å². The van der Waals surface area contributed by atoms with Crippen molar-refractivity contribution in [2.75, 3.05) is 6.54 Å². The van der Waals surface area contributed by atoms with Gasteiger partial charge in [0.1, 0.15) is 0 Å². The van der Waals surface area contributed by atoms with E-state index in [1.54, 1.807) is 0 Å². The Bertz CT molecular complexity index is 760. The van der Waals surface area contributed by atoms with E-state index in [1.165, 1.54) is 6.20 Å². The molecule has 0 atom stereocenters. The van der Waals surface area contributed by atoms with Crippen molar-refractivity contribution in [2.24, 2.45) is 5.73 Å². The Morgan fingerprint density at radius 3 is 2.44 bits per heavy atom. The highest BCUT2D eigenvalue weighted by Gasteiger charge is 2.35. The molecular formula is C15H19Cl2F3N6O. The zero-order chi connectivity index (χ0) is 18.1.